The van der Waals surface area contributed by atoms with E-state index in [4.69, 9.17) is 16.3 Å². The number of alkyl halides is 2. The zero-order valence-electron chi connectivity index (χ0n) is 17.2. The van der Waals surface area contributed by atoms with E-state index in [1.165, 1.54) is 7.11 Å². The molecule has 5 nitrogen and oxygen atoms in total. The van der Waals surface area contributed by atoms with Gasteiger partial charge in [0.05, 0.1) is 11.9 Å². The van der Waals surface area contributed by atoms with Crippen LogP contribution in [0.4, 0.5) is 0 Å². The SMILES string of the molecule is CCCCCC(OC(=O)CCl)C(O)C(Br)/C=C/CCCCCCCC(=O)OC. The lowest BCUT2D eigenvalue weighted by Crippen LogP contribution is -2.37. The maximum Gasteiger partial charge on any atom is 0.321 e. The van der Waals surface area contributed by atoms with Gasteiger partial charge >= 0.3 is 11.9 Å². The lowest BCUT2D eigenvalue weighted by Gasteiger charge is -2.25. The van der Waals surface area contributed by atoms with Crippen LogP contribution in [0.1, 0.15) is 77.6 Å². The van der Waals surface area contributed by atoms with E-state index in [0.717, 1.165) is 57.8 Å². The molecular weight excluding hydrogens is 448 g/mol. The molecule has 0 fully saturated rings. The van der Waals surface area contributed by atoms with Gasteiger partial charge in [-0.3, -0.25) is 9.59 Å². The number of esters is 2. The van der Waals surface area contributed by atoms with Crippen LogP contribution in [0.3, 0.4) is 0 Å². The highest BCUT2D eigenvalue weighted by Crippen LogP contribution is 2.20. The Morgan fingerprint density at radius 3 is 2.39 bits per heavy atom. The average Bonchev–Trinajstić information content (AvgIpc) is 2.70. The molecule has 0 radical (unpaired) electrons. The van der Waals surface area contributed by atoms with Gasteiger partial charge in [-0.25, -0.2) is 0 Å². The minimum atomic E-state index is -0.807. The molecule has 0 aromatic rings. The van der Waals surface area contributed by atoms with Crippen molar-refractivity contribution >= 4 is 39.5 Å². The molecule has 0 bridgehead atoms. The van der Waals surface area contributed by atoms with E-state index in [2.05, 4.69) is 27.6 Å². The molecule has 0 aromatic carbocycles. The molecule has 3 unspecified atom stereocenters. The van der Waals surface area contributed by atoms with Gasteiger partial charge in [0.25, 0.3) is 0 Å². The van der Waals surface area contributed by atoms with Crippen LogP contribution in [0.5, 0.6) is 0 Å². The van der Waals surface area contributed by atoms with Gasteiger partial charge in [0.15, 0.2) is 0 Å². The van der Waals surface area contributed by atoms with Crippen LogP contribution in [-0.4, -0.2) is 47.1 Å². The summed E-state index contributed by atoms with van der Waals surface area (Å²) in [7, 11) is 1.41. The van der Waals surface area contributed by atoms with Gasteiger partial charge in [0.1, 0.15) is 18.1 Å². The first-order chi connectivity index (χ1) is 13.5. The van der Waals surface area contributed by atoms with Gasteiger partial charge in [-0.2, -0.15) is 0 Å². The zero-order chi connectivity index (χ0) is 21.2. The molecule has 164 valence electrons. The predicted molar refractivity (Wildman–Crippen MR) is 117 cm³/mol. The minimum absolute atomic E-state index is 0.144. The third-order valence-corrected chi connectivity index (χ3v) is 5.56. The van der Waals surface area contributed by atoms with Crippen LogP contribution >= 0.6 is 27.5 Å². The molecule has 0 aliphatic rings. The van der Waals surface area contributed by atoms with E-state index in [-0.39, 0.29) is 16.7 Å². The summed E-state index contributed by atoms with van der Waals surface area (Å²) < 4.78 is 9.93. The molecule has 0 amide bonds. The van der Waals surface area contributed by atoms with Gasteiger partial charge in [-0.15, -0.1) is 11.6 Å². The molecule has 0 aliphatic heterocycles. The van der Waals surface area contributed by atoms with E-state index in [1.807, 2.05) is 12.2 Å². The van der Waals surface area contributed by atoms with E-state index in [9.17, 15) is 14.7 Å². The predicted octanol–water partition coefficient (Wildman–Crippen LogP) is 5.30. The quantitative estimate of drug-likeness (QED) is 0.131. The number of ether oxygens (including phenoxy) is 2. The second-order valence-electron chi connectivity index (χ2n) is 6.90. The Balaban J connectivity index is 4.13. The summed E-state index contributed by atoms with van der Waals surface area (Å²) in [6.07, 6.45) is 12.8. The monoisotopic (exact) mass is 482 g/mol. The fourth-order valence-corrected chi connectivity index (χ4v) is 3.42. The summed E-state index contributed by atoms with van der Waals surface area (Å²) in [5, 5.41) is 10.5. The average molecular weight is 484 g/mol. The number of carbonyl (C=O) groups is 2. The normalized spacial score (nSPS) is 14.6. The van der Waals surface area contributed by atoms with Crippen LogP contribution in [-0.2, 0) is 19.1 Å². The first-order valence-electron chi connectivity index (χ1n) is 10.3. The molecule has 0 spiro atoms. The molecule has 0 rings (SSSR count). The molecule has 28 heavy (non-hydrogen) atoms. The van der Waals surface area contributed by atoms with Gasteiger partial charge in [-0.05, 0) is 32.1 Å². The maximum absolute atomic E-state index is 11.5. The van der Waals surface area contributed by atoms with Crippen LogP contribution in [0.25, 0.3) is 0 Å². The second-order valence-corrected chi connectivity index (χ2v) is 8.23. The first kappa shape index (κ1) is 27.4. The maximum atomic E-state index is 11.5. The molecular formula is C21H36BrClO5. The van der Waals surface area contributed by atoms with Crippen molar-refractivity contribution in [2.45, 2.75) is 94.6 Å². The summed E-state index contributed by atoms with van der Waals surface area (Å²) in [4.78, 5) is 22.3. The minimum Gasteiger partial charge on any atom is -0.469 e. The number of hydrogen-bond acceptors (Lipinski definition) is 5. The molecule has 0 heterocycles. The highest BCUT2D eigenvalue weighted by Gasteiger charge is 2.27. The van der Waals surface area contributed by atoms with E-state index in [0.29, 0.717) is 12.8 Å². The Hall–Kier alpha value is -0.590. The van der Waals surface area contributed by atoms with Crippen LogP contribution in [0, 0.1) is 0 Å². The van der Waals surface area contributed by atoms with Gasteiger partial charge in [-0.1, -0.05) is 67.1 Å². The number of rotatable bonds is 17. The fourth-order valence-electron chi connectivity index (χ4n) is 2.80. The fraction of sp³-hybridized carbons (Fsp3) is 0.810. The van der Waals surface area contributed by atoms with Crippen molar-refractivity contribution in [2.75, 3.05) is 13.0 Å². The van der Waals surface area contributed by atoms with Crippen molar-refractivity contribution in [3.05, 3.63) is 12.2 Å². The van der Waals surface area contributed by atoms with Crippen LogP contribution in [0.15, 0.2) is 12.2 Å². The molecule has 0 aliphatic carbocycles. The van der Waals surface area contributed by atoms with Crippen molar-refractivity contribution in [1.29, 1.82) is 0 Å². The van der Waals surface area contributed by atoms with Gasteiger partial charge < -0.3 is 14.6 Å². The molecule has 3 atom stereocenters. The topological polar surface area (TPSA) is 72.8 Å². The van der Waals surface area contributed by atoms with Gasteiger partial charge in [0, 0.05) is 6.42 Å². The summed E-state index contributed by atoms with van der Waals surface area (Å²) in [6, 6.07) is 0. The second kappa shape index (κ2) is 18.4. The summed E-state index contributed by atoms with van der Waals surface area (Å²) >= 11 is 9.01. The summed E-state index contributed by atoms with van der Waals surface area (Å²) in [5.74, 6) is -0.855. The van der Waals surface area contributed by atoms with Crippen molar-refractivity contribution < 1.29 is 24.2 Å². The number of carbonyl (C=O) groups excluding carboxylic acids is 2. The standard InChI is InChI=1S/C21H36BrClO5/c1-3-4-10-14-18(28-20(25)16-23)21(26)17(22)13-11-8-6-5-7-9-12-15-19(24)27-2/h11,13,17-18,21,26H,3-10,12,14-16H2,1-2H3/b13-11+. The number of aliphatic hydroxyl groups excluding tert-OH is 1. The lowest BCUT2D eigenvalue weighted by atomic mass is 10.0. The van der Waals surface area contributed by atoms with E-state index in [1.54, 1.807) is 0 Å². The third kappa shape index (κ3) is 14.4. The number of aliphatic hydroxyl groups is 1. The van der Waals surface area contributed by atoms with E-state index >= 15 is 0 Å². The van der Waals surface area contributed by atoms with Crippen molar-refractivity contribution in [2.24, 2.45) is 0 Å². The number of methoxy groups -OCH3 is 1. The Bertz CT molecular complexity index is 445. The number of hydrogen-bond donors (Lipinski definition) is 1. The van der Waals surface area contributed by atoms with E-state index < -0.39 is 18.2 Å². The molecule has 0 saturated carbocycles. The number of halogens is 2. The van der Waals surface area contributed by atoms with Crippen molar-refractivity contribution in [3.8, 4) is 0 Å². The highest BCUT2D eigenvalue weighted by atomic mass is 79.9. The molecule has 7 heteroatoms. The molecule has 0 aromatic heterocycles. The Morgan fingerprint density at radius 1 is 1.07 bits per heavy atom. The van der Waals surface area contributed by atoms with Crippen molar-refractivity contribution in [3.63, 3.8) is 0 Å². The van der Waals surface area contributed by atoms with Crippen LogP contribution in [0.2, 0.25) is 0 Å². The van der Waals surface area contributed by atoms with Gasteiger partial charge in [0.2, 0.25) is 0 Å². The first-order valence-corrected chi connectivity index (χ1v) is 11.7. The van der Waals surface area contributed by atoms with Crippen molar-refractivity contribution in [1.82, 2.24) is 0 Å². The van der Waals surface area contributed by atoms with Crippen LogP contribution < -0.4 is 0 Å². The summed E-state index contributed by atoms with van der Waals surface area (Å²) in [5.41, 5.74) is 0. The lowest BCUT2D eigenvalue weighted by molar-refractivity contribution is -0.152. The summed E-state index contributed by atoms with van der Waals surface area (Å²) in [6.45, 7) is 2.10. The number of unbranched alkanes of at least 4 members (excludes halogenated alkanes) is 7. The Kier molecular flexibility index (Phi) is 18.1. The molecule has 1 N–H and O–H groups in total. The number of allylic oxidation sites excluding steroid dienone is 1. The Morgan fingerprint density at radius 2 is 1.75 bits per heavy atom. The molecule has 0 saturated heterocycles. The smallest absolute Gasteiger partial charge is 0.321 e. The third-order valence-electron chi connectivity index (χ3n) is 4.49. The largest absolute Gasteiger partial charge is 0.469 e. The highest BCUT2D eigenvalue weighted by molar-refractivity contribution is 9.09. The Labute approximate surface area is 183 Å². The zero-order valence-corrected chi connectivity index (χ0v) is 19.6.